The summed E-state index contributed by atoms with van der Waals surface area (Å²) in [4.78, 5) is 38.9. The summed E-state index contributed by atoms with van der Waals surface area (Å²) in [6.45, 7) is 4.58. The van der Waals surface area contributed by atoms with Gasteiger partial charge in [0.2, 0.25) is 5.91 Å². The summed E-state index contributed by atoms with van der Waals surface area (Å²) in [7, 11) is 0. The first-order valence-electron chi connectivity index (χ1n) is 13.0. The summed E-state index contributed by atoms with van der Waals surface area (Å²) >= 11 is 0. The Balaban J connectivity index is 1.46. The first kappa shape index (κ1) is 28.0. The molecule has 1 aliphatic rings. The summed E-state index contributed by atoms with van der Waals surface area (Å²) in [5.74, 6) is -0.00103. The Morgan fingerprint density at radius 2 is 1.89 bits per heavy atom. The molecule has 37 heavy (non-hydrogen) atoms. The lowest BCUT2D eigenvalue weighted by molar-refractivity contribution is -0.117. The molecule has 0 saturated heterocycles. The van der Waals surface area contributed by atoms with E-state index in [1.807, 2.05) is 29.2 Å². The van der Waals surface area contributed by atoms with Gasteiger partial charge in [0.1, 0.15) is 6.61 Å². The average molecular weight is 511 g/mol. The zero-order valence-electron chi connectivity index (χ0n) is 21.3. The Hall–Kier alpha value is -3.59. The molecule has 1 fully saturated rings. The average Bonchev–Trinajstić information content (AvgIpc) is 3.46. The Morgan fingerprint density at radius 3 is 2.57 bits per heavy atom. The highest BCUT2D eigenvalue weighted by atomic mass is 16.5. The van der Waals surface area contributed by atoms with E-state index in [1.165, 1.54) is 18.8 Å². The molecule has 9 nitrogen and oxygen atoms in total. The standard InChI is InChI=1S/C28H38N4O5/c1-2-18-37-28(35)30-17-7-6-11-24(29)26(33)31-22-15-13-21(14-16-22)20-32(23-9-4-3-5-10-23)27(34)25-12-8-19-36-25/h2,8,12-16,19,23-24H,1,3-7,9-11,17-18,20,29H2,(H,30,35)(H,31,33)/t24-/m0/s1. The van der Waals surface area contributed by atoms with E-state index in [0.29, 0.717) is 43.8 Å². The van der Waals surface area contributed by atoms with Crippen molar-refractivity contribution in [1.82, 2.24) is 10.2 Å². The van der Waals surface area contributed by atoms with Crippen LogP contribution in [0.2, 0.25) is 0 Å². The van der Waals surface area contributed by atoms with E-state index in [2.05, 4.69) is 17.2 Å². The van der Waals surface area contributed by atoms with Crippen LogP contribution in [0.15, 0.2) is 59.7 Å². The third-order valence-electron chi connectivity index (χ3n) is 6.46. The molecule has 4 N–H and O–H groups in total. The van der Waals surface area contributed by atoms with Crippen molar-refractivity contribution in [2.75, 3.05) is 18.5 Å². The van der Waals surface area contributed by atoms with Crippen LogP contribution in [0.1, 0.15) is 67.5 Å². The number of hydrogen-bond acceptors (Lipinski definition) is 6. The number of unbranched alkanes of at least 4 members (excludes halogenated alkanes) is 1. The van der Waals surface area contributed by atoms with Crippen LogP contribution in [0.4, 0.5) is 10.5 Å². The number of nitrogens with zero attached hydrogens (tertiary/aromatic N) is 1. The molecule has 1 aliphatic carbocycles. The van der Waals surface area contributed by atoms with Crippen molar-refractivity contribution >= 4 is 23.6 Å². The summed E-state index contributed by atoms with van der Waals surface area (Å²) in [6, 6.07) is 10.5. The lowest BCUT2D eigenvalue weighted by Crippen LogP contribution is -2.40. The van der Waals surface area contributed by atoms with Crippen molar-refractivity contribution in [3.8, 4) is 0 Å². The fraction of sp³-hybridized carbons (Fsp3) is 0.464. The normalized spacial score (nSPS) is 14.4. The second-order valence-corrected chi connectivity index (χ2v) is 9.30. The quantitative estimate of drug-likeness (QED) is 0.267. The monoisotopic (exact) mass is 510 g/mol. The van der Waals surface area contributed by atoms with Crippen molar-refractivity contribution < 1.29 is 23.5 Å². The third-order valence-corrected chi connectivity index (χ3v) is 6.46. The van der Waals surface area contributed by atoms with Gasteiger partial charge in [0.05, 0.1) is 12.3 Å². The van der Waals surface area contributed by atoms with Crippen LogP contribution < -0.4 is 16.4 Å². The summed E-state index contributed by atoms with van der Waals surface area (Å²) in [5, 5.41) is 5.49. The number of furan rings is 1. The van der Waals surface area contributed by atoms with Crippen molar-refractivity contribution in [3.05, 3.63) is 66.6 Å². The molecule has 3 rings (SSSR count). The number of alkyl carbamates (subject to hydrolysis) is 1. The van der Waals surface area contributed by atoms with Gasteiger partial charge in [-0.2, -0.15) is 0 Å². The van der Waals surface area contributed by atoms with Crippen LogP contribution in [-0.2, 0) is 16.1 Å². The van der Waals surface area contributed by atoms with Gasteiger partial charge in [-0.25, -0.2) is 4.79 Å². The molecule has 1 heterocycles. The number of nitrogens with one attached hydrogen (secondary N) is 2. The molecule has 1 aromatic heterocycles. The molecule has 200 valence electrons. The molecular formula is C28H38N4O5. The predicted octanol–water partition coefficient (Wildman–Crippen LogP) is 4.60. The van der Waals surface area contributed by atoms with E-state index in [-0.39, 0.29) is 24.5 Å². The number of amides is 3. The summed E-state index contributed by atoms with van der Waals surface area (Å²) in [5.41, 5.74) is 7.67. The minimum Gasteiger partial charge on any atom is -0.459 e. The van der Waals surface area contributed by atoms with Gasteiger partial charge in [-0.1, -0.05) is 44.1 Å². The number of ether oxygens (including phenoxy) is 1. The Morgan fingerprint density at radius 1 is 1.14 bits per heavy atom. The van der Waals surface area contributed by atoms with Gasteiger partial charge in [0.15, 0.2) is 5.76 Å². The van der Waals surface area contributed by atoms with Gasteiger partial charge >= 0.3 is 6.09 Å². The SMILES string of the molecule is C=CCOC(=O)NCCCC[C@H](N)C(=O)Nc1ccc(CN(C(=O)c2ccco2)C2CCCCC2)cc1. The highest BCUT2D eigenvalue weighted by Gasteiger charge is 2.28. The molecule has 0 spiro atoms. The van der Waals surface area contributed by atoms with E-state index in [0.717, 1.165) is 31.2 Å². The predicted molar refractivity (Wildman–Crippen MR) is 142 cm³/mol. The van der Waals surface area contributed by atoms with E-state index in [9.17, 15) is 14.4 Å². The van der Waals surface area contributed by atoms with Crippen molar-refractivity contribution in [2.24, 2.45) is 5.73 Å². The molecule has 3 amide bonds. The molecule has 0 unspecified atom stereocenters. The van der Waals surface area contributed by atoms with Gasteiger partial charge in [-0.05, 0) is 61.9 Å². The molecule has 0 aliphatic heterocycles. The molecule has 1 atom stereocenters. The second-order valence-electron chi connectivity index (χ2n) is 9.30. The number of benzene rings is 1. The van der Waals surface area contributed by atoms with Crippen LogP contribution in [0.5, 0.6) is 0 Å². The van der Waals surface area contributed by atoms with Crippen LogP contribution in [0, 0.1) is 0 Å². The largest absolute Gasteiger partial charge is 0.459 e. The van der Waals surface area contributed by atoms with Gasteiger partial charge < -0.3 is 30.4 Å². The zero-order valence-corrected chi connectivity index (χ0v) is 21.3. The smallest absolute Gasteiger partial charge is 0.407 e. The van der Waals surface area contributed by atoms with Crippen LogP contribution in [0.3, 0.4) is 0 Å². The topological polar surface area (TPSA) is 127 Å². The first-order valence-corrected chi connectivity index (χ1v) is 13.0. The van der Waals surface area contributed by atoms with Crippen LogP contribution in [-0.4, -0.2) is 48.0 Å². The molecule has 1 saturated carbocycles. The van der Waals surface area contributed by atoms with Crippen molar-refractivity contribution in [2.45, 2.75) is 70.0 Å². The van der Waals surface area contributed by atoms with Gasteiger partial charge in [0, 0.05) is 24.8 Å². The highest BCUT2D eigenvalue weighted by molar-refractivity contribution is 5.94. The first-order chi connectivity index (χ1) is 18.0. The Labute approximate surface area is 218 Å². The van der Waals surface area contributed by atoms with Crippen LogP contribution >= 0.6 is 0 Å². The third kappa shape index (κ3) is 9.09. The number of carbonyl (C=O) groups is 3. The van der Waals surface area contributed by atoms with E-state index in [1.54, 1.807) is 12.1 Å². The number of nitrogens with two attached hydrogens (primary N) is 1. The van der Waals surface area contributed by atoms with Gasteiger partial charge in [-0.15, -0.1) is 0 Å². The minimum absolute atomic E-state index is 0.0934. The molecule has 0 bridgehead atoms. The molecule has 0 radical (unpaired) electrons. The fourth-order valence-electron chi connectivity index (χ4n) is 4.42. The summed E-state index contributed by atoms with van der Waals surface area (Å²) in [6.07, 6.45) is 9.85. The Bertz CT molecular complexity index is 1000. The van der Waals surface area contributed by atoms with E-state index < -0.39 is 12.1 Å². The number of carbonyl (C=O) groups excluding carboxylic acids is 3. The minimum atomic E-state index is -0.653. The fourth-order valence-corrected chi connectivity index (χ4v) is 4.42. The zero-order chi connectivity index (χ0) is 26.5. The van der Waals surface area contributed by atoms with Gasteiger partial charge in [-0.3, -0.25) is 9.59 Å². The van der Waals surface area contributed by atoms with Gasteiger partial charge in [0.25, 0.3) is 5.91 Å². The molecule has 2 aromatic rings. The number of hydrogen-bond donors (Lipinski definition) is 3. The van der Waals surface area contributed by atoms with Crippen LogP contribution in [0.25, 0.3) is 0 Å². The maximum Gasteiger partial charge on any atom is 0.407 e. The number of anilines is 1. The molecule has 9 heteroatoms. The number of rotatable bonds is 13. The Kier molecular flexibility index (Phi) is 11.2. The summed E-state index contributed by atoms with van der Waals surface area (Å²) < 4.78 is 10.2. The van der Waals surface area contributed by atoms with Crippen molar-refractivity contribution in [3.63, 3.8) is 0 Å². The van der Waals surface area contributed by atoms with E-state index in [4.69, 9.17) is 14.9 Å². The molecular weight excluding hydrogens is 472 g/mol. The highest BCUT2D eigenvalue weighted by Crippen LogP contribution is 2.26. The molecule has 1 aromatic carbocycles. The maximum atomic E-state index is 13.1. The lowest BCUT2D eigenvalue weighted by atomic mass is 9.93. The second kappa shape index (κ2) is 14.8. The lowest BCUT2D eigenvalue weighted by Gasteiger charge is -2.34. The van der Waals surface area contributed by atoms with Crippen molar-refractivity contribution in [1.29, 1.82) is 0 Å². The van der Waals surface area contributed by atoms with E-state index >= 15 is 0 Å². The maximum absolute atomic E-state index is 13.1.